The summed E-state index contributed by atoms with van der Waals surface area (Å²) in [5.74, 6) is -0.636. The summed E-state index contributed by atoms with van der Waals surface area (Å²) in [5, 5.41) is 12.3. The van der Waals surface area contributed by atoms with Crippen molar-refractivity contribution in [1.29, 1.82) is 0 Å². The van der Waals surface area contributed by atoms with Gasteiger partial charge in [-0.2, -0.15) is 0 Å². The van der Waals surface area contributed by atoms with Crippen LogP contribution in [0.5, 0.6) is 5.75 Å². The summed E-state index contributed by atoms with van der Waals surface area (Å²) in [6.07, 6.45) is 0.400. The van der Waals surface area contributed by atoms with Gasteiger partial charge >= 0.3 is 5.97 Å². The third-order valence-electron chi connectivity index (χ3n) is 4.05. The lowest BCUT2D eigenvalue weighted by molar-refractivity contribution is -0.139. The van der Waals surface area contributed by atoms with Gasteiger partial charge in [0.15, 0.2) is 6.61 Å². The number of para-hydroxylation sites is 2. The van der Waals surface area contributed by atoms with Crippen molar-refractivity contribution in [3.63, 3.8) is 0 Å². The molecule has 1 aliphatic rings. The normalized spacial score (nSPS) is 16.1. The summed E-state index contributed by atoms with van der Waals surface area (Å²) in [4.78, 5) is 25.5. The van der Waals surface area contributed by atoms with Crippen LogP contribution in [0.4, 0.5) is 5.69 Å². The van der Waals surface area contributed by atoms with E-state index in [4.69, 9.17) is 9.84 Å². The quantitative estimate of drug-likeness (QED) is 0.845. The predicted molar refractivity (Wildman–Crippen MR) is 93.7 cm³/mol. The molecule has 3 rings (SSSR count). The first-order chi connectivity index (χ1) is 12.1. The molecule has 0 spiro atoms. The van der Waals surface area contributed by atoms with E-state index in [1.54, 1.807) is 23.1 Å². The first-order valence-corrected chi connectivity index (χ1v) is 8.22. The topological polar surface area (TPSA) is 78.9 Å². The number of benzene rings is 2. The van der Waals surface area contributed by atoms with E-state index in [-0.39, 0.29) is 5.91 Å². The Labute approximate surface area is 146 Å². The van der Waals surface area contributed by atoms with E-state index >= 15 is 0 Å². The lowest BCUT2D eigenvalue weighted by Gasteiger charge is -2.38. The summed E-state index contributed by atoms with van der Waals surface area (Å²) in [5.41, 5.74) is 2.13. The molecule has 0 bridgehead atoms. The number of nitrogens with one attached hydrogen (secondary N) is 1. The fraction of sp³-hybridized carbons (Fsp3) is 0.263. The maximum atomic E-state index is 12.9. The van der Waals surface area contributed by atoms with Gasteiger partial charge < -0.3 is 20.1 Å². The zero-order valence-electron chi connectivity index (χ0n) is 13.9. The number of fused-ring (bicyclic) bond motifs is 1. The molecule has 1 unspecified atom stereocenters. The van der Waals surface area contributed by atoms with Crippen LogP contribution in [0.2, 0.25) is 0 Å². The minimum absolute atomic E-state index is 0.0470. The average Bonchev–Trinajstić information content (AvgIpc) is 2.62. The minimum Gasteiger partial charge on any atom is -0.481 e. The molecule has 0 fully saturated rings. The van der Waals surface area contributed by atoms with Crippen LogP contribution in [0.1, 0.15) is 35.4 Å². The summed E-state index contributed by atoms with van der Waals surface area (Å²) < 4.78 is 5.42. The van der Waals surface area contributed by atoms with E-state index < -0.39 is 18.7 Å². The maximum Gasteiger partial charge on any atom is 0.341 e. The average molecular weight is 340 g/mol. The smallest absolute Gasteiger partial charge is 0.341 e. The van der Waals surface area contributed by atoms with Gasteiger partial charge in [-0.1, -0.05) is 37.3 Å². The molecule has 25 heavy (non-hydrogen) atoms. The number of carboxylic acid groups (broad SMARTS) is 1. The van der Waals surface area contributed by atoms with Gasteiger partial charge in [-0.25, -0.2) is 4.79 Å². The molecular formula is C19H20N2O4. The molecule has 1 atom stereocenters. The first kappa shape index (κ1) is 16.8. The van der Waals surface area contributed by atoms with Crippen molar-refractivity contribution in [3.8, 4) is 5.75 Å². The molecule has 2 aromatic carbocycles. The fourth-order valence-corrected chi connectivity index (χ4v) is 2.99. The Bertz CT molecular complexity index is 790. The second-order valence-electron chi connectivity index (χ2n) is 5.81. The monoisotopic (exact) mass is 340 g/mol. The van der Waals surface area contributed by atoms with Gasteiger partial charge in [0.25, 0.3) is 5.91 Å². The standard InChI is InChI=1S/C19H20N2O4/c1-2-11-21-18(20-15-9-5-3-7-13(15)19(21)24)14-8-4-6-10-16(14)25-12-17(22)23/h3-10,18,20H,2,11-12H2,1H3,(H,22,23). The van der Waals surface area contributed by atoms with Crippen LogP contribution in [0, 0.1) is 0 Å². The van der Waals surface area contributed by atoms with E-state index in [9.17, 15) is 9.59 Å². The van der Waals surface area contributed by atoms with Gasteiger partial charge in [-0.05, 0) is 24.6 Å². The van der Waals surface area contributed by atoms with Crippen LogP contribution in [0.15, 0.2) is 48.5 Å². The number of aliphatic carboxylic acids is 1. The lowest BCUT2D eigenvalue weighted by Crippen LogP contribution is -2.43. The Morgan fingerprint density at radius 3 is 2.68 bits per heavy atom. The molecule has 130 valence electrons. The Morgan fingerprint density at radius 2 is 1.92 bits per heavy atom. The number of hydrogen-bond acceptors (Lipinski definition) is 4. The minimum atomic E-state index is -1.04. The fourth-order valence-electron chi connectivity index (χ4n) is 2.99. The van der Waals surface area contributed by atoms with Crippen molar-refractivity contribution in [3.05, 3.63) is 59.7 Å². The zero-order valence-corrected chi connectivity index (χ0v) is 13.9. The molecule has 0 aromatic heterocycles. The highest BCUT2D eigenvalue weighted by Crippen LogP contribution is 2.36. The number of carbonyl (C=O) groups is 2. The molecule has 2 N–H and O–H groups in total. The van der Waals surface area contributed by atoms with Gasteiger partial charge in [0, 0.05) is 17.8 Å². The summed E-state index contributed by atoms with van der Waals surface area (Å²) in [6.45, 7) is 2.16. The van der Waals surface area contributed by atoms with Crippen LogP contribution < -0.4 is 10.1 Å². The van der Waals surface area contributed by atoms with E-state index in [2.05, 4.69) is 5.32 Å². The van der Waals surface area contributed by atoms with Crippen molar-refractivity contribution in [1.82, 2.24) is 4.90 Å². The molecule has 0 saturated carbocycles. The van der Waals surface area contributed by atoms with E-state index in [0.717, 1.165) is 17.7 Å². The third kappa shape index (κ3) is 3.42. The van der Waals surface area contributed by atoms with E-state index in [0.29, 0.717) is 17.9 Å². The molecule has 1 aliphatic heterocycles. The molecule has 0 aliphatic carbocycles. The molecule has 1 heterocycles. The summed E-state index contributed by atoms with van der Waals surface area (Å²) in [6, 6.07) is 14.6. The number of carboxylic acids is 1. The SMILES string of the molecule is CCCN1C(=O)c2ccccc2NC1c1ccccc1OCC(=O)O. The number of carbonyl (C=O) groups excluding carboxylic acids is 1. The molecule has 2 aromatic rings. The highest BCUT2D eigenvalue weighted by molar-refractivity contribution is 6.01. The van der Waals surface area contributed by atoms with Crippen LogP contribution in [-0.4, -0.2) is 35.0 Å². The van der Waals surface area contributed by atoms with Crippen molar-refractivity contribution in [2.75, 3.05) is 18.5 Å². The number of ether oxygens (including phenoxy) is 1. The van der Waals surface area contributed by atoms with Crippen LogP contribution in [-0.2, 0) is 4.79 Å². The number of rotatable bonds is 6. The van der Waals surface area contributed by atoms with Crippen molar-refractivity contribution >= 4 is 17.6 Å². The Hall–Kier alpha value is -3.02. The van der Waals surface area contributed by atoms with Crippen molar-refractivity contribution in [2.24, 2.45) is 0 Å². The number of amides is 1. The van der Waals surface area contributed by atoms with Gasteiger partial charge in [0.05, 0.1) is 5.56 Å². The molecule has 6 nitrogen and oxygen atoms in total. The Kier molecular flexibility index (Phi) is 4.88. The second kappa shape index (κ2) is 7.25. The van der Waals surface area contributed by atoms with Crippen molar-refractivity contribution in [2.45, 2.75) is 19.5 Å². The second-order valence-corrected chi connectivity index (χ2v) is 5.81. The van der Waals surface area contributed by atoms with Crippen molar-refractivity contribution < 1.29 is 19.4 Å². The number of nitrogens with zero attached hydrogens (tertiary/aromatic N) is 1. The van der Waals surface area contributed by atoms with Gasteiger partial charge in [0.2, 0.25) is 0 Å². The third-order valence-corrected chi connectivity index (χ3v) is 4.05. The van der Waals surface area contributed by atoms with Gasteiger partial charge in [-0.15, -0.1) is 0 Å². The molecule has 0 radical (unpaired) electrons. The number of anilines is 1. The van der Waals surface area contributed by atoms with E-state index in [1.165, 1.54) is 0 Å². The molecular weight excluding hydrogens is 320 g/mol. The Morgan fingerprint density at radius 1 is 1.20 bits per heavy atom. The highest BCUT2D eigenvalue weighted by Gasteiger charge is 2.33. The largest absolute Gasteiger partial charge is 0.481 e. The maximum absolute atomic E-state index is 12.9. The zero-order chi connectivity index (χ0) is 17.8. The van der Waals surface area contributed by atoms with Gasteiger partial charge in [-0.3, -0.25) is 4.79 Å². The van der Waals surface area contributed by atoms with Crippen LogP contribution in [0.25, 0.3) is 0 Å². The highest BCUT2D eigenvalue weighted by atomic mass is 16.5. The first-order valence-electron chi connectivity index (χ1n) is 8.22. The molecule has 0 saturated heterocycles. The number of hydrogen-bond donors (Lipinski definition) is 2. The molecule has 6 heteroatoms. The summed E-state index contributed by atoms with van der Waals surface area (Å²) in [7, 11) is 0. The van der Waals surface area contributed by atoms with E-state index in [1.807, 2.05) is 37.3 Å². The predicted octanol–water partition coefficient (Wildman–Crippen LogP) is 3.13. The van der Waals surface area contributed by atoms with Gasteiger partial charge in [0.1, 0.15) is 11.9 Å². The van der Waals surface area contributed by atoms with Crippen LogP contribution in [0.3, 0.4) is 0 Å². The summed E-state index contributed by atoms with van der Waals surface area (Å²) >= 11 is 0. The Balaban J connectivity index is 2.00. The molecule has 1 amide bonds. The lowest BCUT2D eigenvalue weighted by atomic mass is 10.0. The van der Waals surface area contributed by atoms with Crippen LogP contribution >= 0.6 is 0 Å².